The van der Waals surface area contributed by atoms with Gasteiger partial charge >= 0.3 is 0 Å². The summed E-state index contributed by atoms with van der Waals surface area (Å²) in [5, 5.41) is 0. The number of halogens is 1. The molecule has 0 aromatic rings. The number of alkyl halides is 1. The van der Waals surface area contributed by atoms with E-state index < -0.39 is 6.17 Å². The fourth-order valence-electron chi connectivity index (χ4n) is 1.48. The smallest absolute Gasteiger partial charge is 0.100 e. The second-order valence-corrected chi connectivity index (χ2v) is 3.36. The Hall–Kier alpha value is -0.0700. The Kier molecular flexibility index (Phi) is 2.09. The van der Waals surface area contributed by atoms with Gasteiger partial charge in [-0.25, -0.2) is 4.39 Å². The third kappa shape index (κ3) is 1.67. The predicted molar refractivity (Wildman–Crippen MR) is 37.1 cm³/mol. The Morgan fingerprint density at radius 2 is 1.78 bits per heavy atom. The van der Waals surface area contributed by atoms with Crippen molar-refractivity contribution < 1.29 is 4.39 Å². The first-order valence-electron chi connectivity index (χ1n) is 3.84. The maximum atomic E-state index is 12.6. The first kappa shape index (κ1) is 7.04. The van der Waals surface area contributed by atoms with Gasteiger partial charge in [0.25, 0.3) is 0 Å². The van der Waals surface area contributed by atoms with Gasteiger partial charge in [0.05, 0.1) is 0 Å². The third-order valence-electron chi connectivity index (χ3n) is 2.53. The maximum Gasteiger partial charge on any atom is 0.100 e. The summed E-state index contributed by atoms with van der Waals surface area (Å²) in [6.07, 6.45) is 2.17. The van der Waals surface area contributed by atoms with Crippen molar-refractivity contribution in [2.45, 2.75) is 39.3 Å². The molecule has 0 spiro atoms. The van der Waals surface area contributed by atoms with Crippen LogP contribution in [0.4, 0.5) is 4.39 Å². The Balaban J connectivity index is 2.35. The molecule has 0 bridgehead atoms. The summed E-state index contributed by atoms with van der Waals surface area (Å²) in [5.74, 6) is 1.35. The van der Waals surface area contributed by atoms with Crippen molar-refractivity contribution in [2.24, 2.45) is 11.8 Å². The standard InChI is InChI=1S/C8H15F/c1-6-3-4-8(9)5-7(6)2/h6-8H,3-5H2,1-2H3/t6-,7+,8-/m0/s1. The van der Waals surface area contributed by atoms with Crippen LogP contribution < -0.4 is 0 Å². The molecule has 0 unspecified atom stereocenters. The van der Waals surface area contributed by atoms with E-state index in [1.54, 1.807) is 0 Å². The molecule has 54 valence electrons. The van der Waals surface area contributed by atoms with E-state index in [-0.39, 0.29) is 0 Å². The van der Waals surface area contributed by atoms with Crippen LogP contribution in [-0.2, 0) is 0 Å². The van der Waals surface area contributed by atoms with E-state index >= 15 is 0 Å². The molecule has 0 N–H and O–H groups in total. The van der Waals surface area contributed by atoms with Crippen molar-refractivity contribution in [3.8, 4) is 0 Å². The lowest BCUT2D eigenvalue weighted by atomic mass is 9.81. The summed E-state index contributed by atoms with van der Waals surface area (Å²) in [6, 6.07) is 0. The van der Waals surface area contributed by atoms with E-state index in [9.17, 15) is 4.39 Å². The minimum atomic E-state index is -0.504. The molecule has 0 amide bonds. The lowest BCUT2D eigenvalue weighted by Gasteiger charge is -2.27. The Morgan fingerprint density at radius 1 is 1.11 bits per heavy atom. The van der Waals surface area contributed by atoms with E-state index in [0.717, 1.165) is 25.2 Å². The monoisotopic (exact) mass is 130 g/mol. The molecule has 1 fully saturated rings. The molecule has 0 aliphatic heterocycles. The fraction of sp³-hybridized carbons (Fsp3) is 1.00. The van der Waals surface area contributed by atoms with Crippen LogP contribution in [0.3, 0.4) is 0 Å². The van der Waals surface area contributed by atoms with Gasteiger partial charge in [0.2, 0.25) is 0 Å². The molecule has 0 aromatic heterocycles. The van der Waals surface area contributed by atoms with Gasteiger partial charge in [0, 0.05) is 0 Å². The third-order valence-corrected chi connectivity index (χ3v) is 2.53. The lowest BCUT2D eigenvalue weighted by Crippen LogP contribution is -2.21. The Morgan fingerprint density at radius 3 is 2.22 bits per heavy atom. The van der Waals surface area contributed by atoms with E-state index in [2.05, 4.69) is 13.8 Å². The molecular formula is C8H15F. The fourth-order valence-corrected chi connectivity index (χ4v) is 1.48. The highest BCUT2D eigenvalue weighted by Crippen LogP contribution is 2.30. The predicted octanol–water partition coefficient (Wildman–Crippen LogP) is 2.78. The van der Waals surface area contributed by atoms with Gasteiger partial charge in [0.1, 0.15) is 6.17 Å². The molecule has 1 aliphatic rings. The molecule has 3 atom stereocenters. The molecule has 0 heterocycles. The van der Waals surface area contributed by atoms with Gasteiger partial charge in [-0.1, -0.05) is 13.8 Å². The van der Waals surface area contributed by atoms with Crippen LogP contribution in [0.25, 0.3) is 0 Å². The second kappa shape index (κ2) is 2.68. The minimum Gasteiger partial charge on any atom is -0.247 e. The van der Waals surface area contributed by atoms with Gasteiger partial charge in [-0.3, -0.25) is 0 Å². The maximum absolute atomic E-state index is 12.6. The van der Waals surface area contributed by atoms with Gasteiger partial charge in [-0.15, -0.1) is 0 Å². The summed E-state index contributed by atoms with van der Waals surface area (Å²) < 4.78 is 12.6. The van der Waals surface area contributed by atoms with Crippen molar-refractivity contribution in [3.63, 3.8) is 0 Å². The quantitative estimate of drug-likeness (QED) is 0.473. The average Bonchev–Trinajstić information content (AvgIpc) is 1.80. The van der Waals surface area contributed by atoms with Crippen LogP contribution in [0.5, 0.6) is 0 Å². The highest BCUT2D eigenvalue weighted by molar-refractivity contribution is 4.74. The zero-order valence-corrected chi connectivity index (χ0v) is 6.23. The van der Waals surface area contributed by atoms with E-state index in [1.807, 2.05) is 0 Å². The zero-order valence-electron chi connectivity index (χ0n) is 6.23. The number of hydrogen-bond donors (Lipinski definition) is 0. The van der Waals surface area contributed by atoms with Crippen LogP contribution in [0, 0.1) is 11.8 Å². The summed E-state index contributed by atoms with van der Waals surface area (Å²) in [7, 11) is 0. The van der Waals surface area contributed by atoms with Gasteiger partial charge in [-0.05, 0) is 31.1 Å². The van der Waals surface area contributed by atoms with Crippen LogP contribution >= 0.6 is 0 Å². The highest BCUT2D eigenvalue weighted by Gasteiger charge is 2.23. The second-order valence-electron chi connectivity index (χ2n) is 3.36. The first-order valence-corrected chi connectivity index (χ1v) is 3.84. The SMILES string of the molecule is C[C@@H]1C[C@@H](F)CC[C@@H]1C. The average molecular weight is 130 g/mol. The van der Waals surface area contributed by atoms with E-state index in [1.165, 1.54) is 0 Å². The Bertz CT molecular complexity index is 90.6. The molecule has 1 saturated carbocycles. The molecule has 0 nitrogen and oxygen atoms in total. The summed E-state index contributed by atoms with van der Waals surface area (Å²) in [4.78, 5) is 0. The molecule has 0 aromatic carbocycles. The first-order chi connectivity index (χ1) is 4.20. The summed E-state index contributed by atoms with van der Waals surface area (Å²) in [5.41, 5.74) is 0. The summed E-state index contributed by atoms with van der Waals surface area (Å²) >= 11 is 0. The van der Waals surface area contributed by atoms with E-state index in [4.69, 9.17) is 0 Å². The van der Waals surface area contributed by atoms with Crippen LogP contribution in [0.2, 0.25) is 0 Å². The van der Waals surface area contributed by atoms with Crippen molar-refractivity contribution in [1.29, 1.82) is 0 Å². The molecule has 9 heavy (non-hydrogen) atoms. The molecular weight excluding hydrogens is 115 g/mol. The molecule has 0 radical (unpaired) electrons. The highest BCUT2D eigenvalue weighted by atomic mass is 19.1. The topological polar surface area (TPSA) is 0 Å². The largest absolute Gasteiger partial charge is 0.247 e. The minimum absolute atomic E-state index is 0.504. The summed E-state index contributed by atoms with van der Waals surface area (Å²) in [6.45, 7) is 4.37. The van der Waals surface area contributed by atoms with Gasteiger partial charge in [-0.2, -0.15) is 0 Å². The molecule has 1 rings (SSSR count). The number of hydrogen-bond acceptors (Lipinski definition) is 0. The Labute approximate surface area is 56.5 Å². The van der Waals surface area contributed by atoms with Crippen molar-refractivity contribution >= 4 is 0 Å². The molecule has 1 heteroatoms. The van der Waals surface area contributed by atoms with Crippen LogP contribution in [-0.4, -0.2) is 6.17 Å². The zero-order chi connectivity index (χ0) is 6.85. The van der Waals surface area contributed by atoms with E-state index in [0.29, 0.717) is 5.92 Å². The van der Waals surface area contributed by atoms with Crippen molar-refractivity contribution in [2.75, 3.05) is 0 Å². The van der Waals surface area contributed by atoms with Crippen molar-refractivity contribution in [3.05, 3.63) is 0 Å². The normalized spacial score (nSPS) is 45.0. The van der Waals surface area contributed by atoms with Crippen molar-refractivity contribution in [1.82, 2.24) is 0 Å². The molecule has 0 saturated heterocycles. The van der Waals surface area contributed by atoms with Gasteiger partial charge < -0.3 is 0 Å². The molecule has 1 aliphatic carbocycles. The lowest BCUT2D eigenvalue weighted by molar-refractivity contribution is 0.161. The van der Waals surface area contributed by atoms with Crippen LogP contribution in [0.1, 0.15) is 33.1 Å². The number of rotatable bonds is 0. The van der Waals surface area contributed by atoms with Crippen LogP contribution in [0.15, 0.2) is 0 Å². The van der Waals surface area contributed by atoms with Gasteiger partial charge in [0.15, 0.2) is 0 Å².